The molecule has 1 atom stereocenters. The van der Waals surface area contributed by atoms with Gasteiger partial charge in [-0.15, -0.1) is 0 Å². The molecular weight excluding hydrogens is 312 g/mol. The summed E-state index contributed by atoms with van der Waals surface area (Å²) in [5.41, 5.74) is 2.35. The highest BCUT2D eigenvalue weighted by molar-refractivity contribution is 5.81. The zero-order chi connectivity index (χ0) is 17.2. The first-order chi connectivity index (χ1) is 12.2. The SMILES string of the molecule is CC(NC(=O)N1CCN(Cc2cccc3cccnc23)CC1)C1CC1. The summed E-state index contributed by atoms with van der Waals surface area (Å²) in [6.07, 6.45) is 4.37. The summed E-state index contributed by atoms with van der Waals surface area (Å²) in [5.74, 6) is 0.698. The van der Waals surface area contributed by atoms with Gasteiger partial charge in [0.15, 0.2) is 0 Å². The molecule has 1 N–H and O–H groups in total. The molecule has 25 heavy (non-hydrogen) atoms. The van der Waals surface area contributed by atoms with Crippen molar-refractivity contribution in [3.63, 3.8) is 0 Å². The van der Waals surface area contributed by atoms with Gasteiger partial charge < -0.3 is 10.2 Å². The first-order valence-electron chi connectivity index (χ1n) is 9.31. The molecule has 5 nitrogen and oxygen atoms in total. The Hall–Kier alpha value is -2.14. The van der Waals surface area contributed by atoms with Crippen molar-refractivity contribution in [3.8, 4) is 0 Å². The molecule has 1 unspecified atom stereocenters. The Morgan fingerprint density at radius 2 is 1.96 bits per heavy atom. The minimum Gasteiger partial charge on any atom is -0.335 e. The van der Waals surface area contributed by atoms with Gasteiger partial charge in [-0.05, 0) is 37.3 Å². The van der Waals surface area contributed by atoms with E-state index in [4.69, 9.17) is 0 Å². The average molecular weight is 338 g/mol. The Morgan fingerprint density at radius 1 is 1.20 bits per heavy atom. The standard InChI is InChI=1S/C20H26N4O/c1-15(16-7-8-16)22-20(25)24-12-10-23(11-13-24)14-18-5-2-4-17-6-3-9-21-19(17)18/h2-6,9,15-16H,7-8,10-14H2,1H3,(H,22,25). The minimum absolute atomic E-state index is 0.103. The van der Waals surface area contributed by atoms with E-state index in [-0.39, 0.29) is 6.03 Å². The third-order valence-corrected chi connectivity index (χ3v) is 5.45. The Morgan fingerprint density at radius 3 is 2.72 bits per heavy atom. The number of para-hydroxylation sites is 1. The van der Waals surface area contributed by atoms with Crippen LogP contribution in [0.1, 0.15) is 25.3 Å². The summed E-state index contributed by atoms with van der Waals surface area (Å²) >= 11 is 0. The number of carbonyl (C=O) groups excluding carboxylic acids is 1. The van der Waals surface area contributed by atoms with Gasteiger partial charge in [0.1, 0.15) is 0 Å². The summed E-state index contributed by atoms with van der Waals surface area (Å²) < 4.78 is 0. The first kappa shape index (κ1) is 16.3. The number of rotatable bonds is 4. The van der Waals surface area contributed by atoms with Gasteiger partial charge in [0.05, 0.1) is 5.52 Å². The number of benzene rings is 1. The summed E-state index contributed by atoms with van der Waals surface area (Å²) in [6, 6.07) is 10.9. The van der Waals surface area contributed by atoms with Gasteiger partial charge in [0.2, 0.25) is 0 Å². The number of aromatic nitrogens is 1. The van der Waals surface area contributed by atoms with E-state index in [9.17, 15) is 4.79 Å². The maximum atomic E-state index is 12.4. The number of urea groups is 1. The van der Waals surface area contributed by atoms with Crippen molar-refractivity contribution in [1.29, 1.82) is 0 Å². The van der Waals surface area contributed by atoms with Crippen LogP contribution in [0.2, 0.25) is 0 Å². The molecule has 5 heteroatoms. The molecule has 0 radical (unpaired) electrons. The van der Waals surface area contributed by atoms with Gasteiger partial charge in [-0.1, -0.05) is 24.3 Å². The van der Waals surface area contributed by atoms with Crippen LogP contribution in [0, 0.1) is 5.92 Å². The highest BCUT2D eigenvalue weighted by atomic mass is 16.2. The molecule has 2 fully saturated rings. The predicted molar refractivity (Wildman–Crippen MR) is 99.3 cm³/mol. The smallest absolute Gasteiger partial charge is 0.317 e. The van der Waals surface area contributed by atoms with E-state index in [0.717, 1.165) is 38.2 Å². The second-order valence-electron chi connectivity index (χ2n) is 7.33. The Labute approximate surface area is 149 Å². The van der Waals surface area contributed by atoms with Crippen LogP contribution in [0.15, 0.2) is 36.5 Å². The monoisotopic (exact) mass is 338 g/mol. The molecule has 1 saturated carbocycles. The number of nitrogens with one attached hydrogen (secondary N) is 1. The largest absolute Gasteiger partial charge is 0.335 e. The molecule has 0 spiro atoms. The zero-order valence-electron chi connectivity index (χ0n) is 14.8. The molecule has 2 aliphatic rings. The van der Waals surface area contributed by atoms with Crippen LogP contribution in [-0.2, 0) is 6.54 Å². The predicted octanol–water partition coefficient (Wildman–Crippen LogP) is 2.86. The highest BCUT2D eigenvalue weighted by Gasteiger charge is 2.30. The highest BCUT2D eigenvalue weighted by Crippen LogP contribution is 2.32. The van der Waals surface area contributed by atoms with Crippen molar-refractivity contribution >= 4 is 16.9 Å². The minimum atomic E-state index is 0.103. The number of carbonyl (C=O) groups is 1. The van der Waals surface area contributed by atoms with Crippen molar-refractivity contribution < 1.29 is 4.79 Å². The summed E-state index contributed by atoms with van der Waals surface area (Å²) in [6.45, 7) is 6.42. The number of pyridine rings is 1. The van der Waals surface area contributed by atoms with Crippen molar-refractivity contribution in [3.05, 3.63) is 42.1 Å². The number of piperazine rings is 1. The molecule has 4 rings (SSSR count). The van der Waals surface area contributed by atoms with Gasteiger partial charge in [-0.3, -0.25) is 9.88 Å². The molecule has 1 saturated heterocycles. The maximum Gasteiger partial charge on any atom is 0.317 e. The molecular formula is C20H26N4O. The number of nitrogens with zero attached hydrogens (tertiary/aromatic N) is 3. The summed E-state index contributed by atoms with van der Waals surface area (Å²) in [5, 5.41) is 4.35. The lowest BCUT2D eigenvalue weighted by atomic mass is 10.1. The normalized spacial score (nSPS) is 19.8. The molecule has 1 aliphatic heterocycles. The van der Waals surface area contributed by atoms with Crippen molar-refractivity contribution in [2.24, 2.45) is 5.92 Å². The van der Waals surface area contributed by atoms with Crippen LogP contribution in [0.5, 0.6) is 0 Å². The van der Waals surface area contributed by atoms with Crippen molar-refractivity contribution in [2.75, 3.05) is 26.2 Å². The quantitative estimate of drug-likeness (QED) is 0.932. The molecule has 132 valence electrons. The van der Waals surface area contributed by atoms with E-state index >= 15 is 0 Å². The molecule has 2 amide bonds. The zero-order valence-corrected chi connectivity index (χ0v) is 14.8. The Bertz CT molecular complexity index is 745. The van der Waals surface area contributed by atoms with Crippen LogP contribution < -0.4 is 5.32 Å². The lowest BCUT2D eigenvalue weighted by Gasteiger charge is -2.35. The van der Waals surface area contributed by atoms with E-state index < -0.39 is 0 Å². The molecule has 0 bridgehead atoms. The van der Waals surface area contributed by atoms with E-state index in [1.54, 1.807) is 0 Å². The molecule has 2 aromatic rings. The van der Waals surface area contributed by atoms with Crippen LogP contribution in [-0.4, -0.2) is 53.0 Å². The van der Waals surface area contributed by atoms with Gasteiger partial charge >= 0.3 is 6.03 Å². The van der Waals surface area contributed by atoms with Gasteiger partial charge in [-0.25, -0.2) is 4.79 Å². The van der Waals surface area contributed by atoms with Crippen LogP contribution in [0.25, 0.3) is 10.9 Å². The number of amides is 2. The fourth-order valence-electron chi connectivity index (χ4n) is 3.65. The average Bonchev–Trinajstić information content (AvgIpc) is 3.48. The second kappa shape index (κ2) is 7.00. The third-order valence-electron chi connectivity index (χ3n) is 5.45. The van der Waals surface area contributed by atoms with Gasteiger partial charge in [0.25, 0.3) is 0 Å². The first-order valence-corrected chi connectivity index (χ1v) is 9.31. The van der Waals surface area contributed by atoms with E-state index in [2.05, 4.69) is 46.4 Å². The van der Waals surface area contributed by atoms with Gasteiger partial charge in [0, 0.05) is 50.3 Å². The van der Waals surface area contributed by atoms with Crippen LogP contribution in [0.4, 0.5) is 4.79 Å². The van der Waals surface area contributed by atoms with Crippen molar-refractivity contribution in [1.82, 2.24) is 20.1 Å². The summed E-state index contributed by atoms with van der Waals surface area (Å²) in [4.78, 5) is 21.3. The van der Waals surface area contributed by atoms with Crippen molar-refractivity contribution in [2.45, 2.75) is 32.4 Å². The second-order valence-corrected chi connectivity index (χ2v) is 7.33. The molecule has 1 aliphatic carbocycles. The van der Waals surface area contributed by atoms with E-state index in [1.165, 1.54) is 23.8 Å². The van der Waals surface area contributed by atoms with E-state index in [0.29, 0.717) is 12.0 Å². The molecule has 1 aromatic heterocycles. The van der Waals surface area contributed by atoms with Crippen LogP contribution in [0.3, 0.4) is 0 Å². The Kier molecular flexibility index (Phi) is 4.57. The van der Waals surface area contributed by atoms with Gasteiger partial charge in [-0.2, -0.15) is 0 Å². The molecule has 2 heterocycles. The Balaban J connectivity index is 1.33. The summed E-state index contributed by atoms with van der Waals surface area (Å²) in [7, 11) is 0. The maximum absolute atomic E-state index is 12.4. The lowest BCUT2D eigenvalue weighted by Crippen LogP contribution is -2.53. The number of fused-ring (bicyclic) bond motifs is 1. The molecule has 1 aromatic carbocycles. The lowest BCUT2D eigenvalue weighted by molar-refractivity contribution is 0.133. The van der Waals surface area contributed by atoms with Crippen LogP contribution >= 0.6 is 0 Å². The van der Waals surface area contributed by atoms with E-state index in [1.807, 2.05) is 17.2 Å². The fraction of sp³-hybridized carbons (Fsp3) is 0.500. The third kappa shape index (κ3) is 3.76. The number of hydrogen-bond acceptors (Lipinski definition) is 3. The number of hydrogen-bond donors (Lipinski definition) is 1. The fourth-order valence-corrected chi connectivity index (χ4v) is 3.65. The topological polar surface area (TPSA) is 48.5 Å².